The fourth-order valence-electron chi connectivity index (χ4n) is 4.11. The molecule has 1 amide bonds. The summed E-state index contributed by atoms with van der Waals surface area (Å²) in [4.78, 5) is 14.8. The SMILES string of the molecule is O=C(c1ccc(-n2cnnn2)cc1)N1CC2(CCC2)c2c(F)cccc21. The Balaban J connectivity index is 1.49. The highest BCUT2D eigenvalue weighted by Gasteiger charge is 2.50. The van der Waals surface area contributed by atoms with Crippen molar-refractivity contribution in [3.63, 3.8) is 0 Å². The fourth-order valence-corrected chi connectivity index (χ4v) is 4.11. The van der Waals surface area contributed by atoms with Crippen molar-refractivity contribution in [1.82, 2.24) is 20.2 Å². The van der Waals surface area contributed by atoms with Crippen LogP contribution in [0.4, 0.5) is 10.1 Å². The van der Waals surface area contributed by atoms with Crippen molar-refractivity contribution in [2.45, 2.75) is 24.7 Å². The van der Waals surface area contributed by atoms with E-state index in [1.54, 1.807) is 35.2 Å². The summed E-state index contributed by atoms with van der Waals surface area (Å²) < 4.78 is 16.0. The monoisotopic (exact) mass is 349 g/mol. The summed E-state index contributed by atoms with van der Waals surface area (Å²) in [7, 11) is 0. The van der Waals surface area contributed by atoms with Gasteiger partial charge in [-0.3, -0.25) is 4.79 Å². The van der Waals surface area contributed by atoms with Crippen LogP contribution in [0.15, 0.2) is 48.8 Å². The molecule has 5 rings (SSSR count). The van der Waals surface area contributed by atoms with Gasteiger partial charge in [-0.2, -0.15) is 0 Å². The second-order valence-corrected chi connectivity index (χ2v) is 6.96. The third-order valence-electron chi connectivity index (χ3n) is 5.56. The summed E-state index contributed by atoms with van der Waals surface area (Å²) in [6.45, 7) is 0.552. The maximum atomic E-state index is 14.5. The second-order valence-electron chi connectivity index (χ2n) is 6.96. The highest BCUT2D eigenvalue weighted by atomic mass is 19.1. The summed E-state index contributed by atoms with van der Waals surface area (Å²) in [5.74, 6) is -0.310. The number of hydrogen-bond acceptors (Lipinski definition) is 4. The van der Waals surface area contributed by atoms with Crippen LogP contribution in [-0.2, 0) is 5.41 Å². The van der Waals surface area contributed by atoms with Crippen molar-refractivity contribution >= 4 is 11.6 Å². The van der Waals surface area contributed by atoms with Crippen molar-refractivity contribution in [2.75, 3.05) is 11.4 Å². The van der Waals surface area contributed by atoms with Gasteiger partial charge >= 0.3 is 0 Å². The number of carbonyl (C=O) groups excluding carboxylic acids is 1. The Labute approximate surface area is 149 Å². The largest absolute Gasteiger partial charge is 0.307 e. The number of benzene rings is 2. The Bertz CT molecular complexity index is 980. The molecule has 2 aromatic carbocycles. The van der Waals surface area contributed by atoms with Crippen molar-refractivity contribution in [2.24, 2.45) is 0 Å². The zero-order valence-corrected chi connectivity index (χ0v) is 14.0. The number of carbonyl (C=O) groups is 1. The van der Waals surface area contributed by atoms with Crippen LogP contribution in [0.3, 0.4) is 0 Å². The van der Waals surface area contributed by atoms with Crippen LogP contribution < -0.4 is 4.90 Å². The molecule has 1 spiro atoms. The van der Waals surface area contributed by atoms with E-state index in [4.69, 9.17) is 0 Å². The van der Waals surface area contributed by atoms with Crippen molar-refractivity contribution in [1.29, 1.82) is 0 Å². The standard InChI is InChI=1S/C19H16FN5O/c20-15-3-1-4-16-17(15)19(9-2-10-19)11-24(16)18(26)13-5-7-14(8-6-13)25-12-21-22-23-25/h1,3-8,12H,2,9-11H2. The van der Waals surface area contributed by atoms with E-state index in [2.05, 4.69) is 15.5 Å². The van der Waals surface area contributed by atoms with Gasteiger partial charge in [0.2, 0.25) is 0 Å². The van der Waals surface area contributed by atoms with Crippen LogP contribution in [0.2, 0.25) is 0 Å². The van der Waals surface area contributed by atoms with Gasteiger partial charge in [-0.1, -0.05) is 12.5 Å². The van der Waals surface area contributed by atoms with Gasteiger partial charge in [-0.25, -0.2) is 9.07 Å². The average Bonchev–Trinajstić information content (AvgIpc) is 3.28. The van der Waals surface area contributed by atoms with E-state index < -0.39 is 0 Å². The maximum absolute atomic E-state index is 14.5. The summed E-state index contributed by atoms with van der Waals surface area (Å²) in [6.07, 6.45) is 4.44. The van der Waals surface area contributed by atoms with E-state index in [0.717, 1.165) is 24.9 Å². The fraction of sp³-hybridized carbons (Fsp3) is 0.263. The molecule has 1 aliphatic heterocycles. The van der Waals surface area contributed by atoms with E-state index in [-0.39, 0.29) is 17.1 Å². The Morgan fingerprint density at radius 3 is 2.58 bits per heavy atom. The Morgan fingerprint density at radius 1 is 1.12 bits per heavy atom. The number of nitrogens with zero attached hydrogens (tertiary/aromatic N) is 5. The van der Waals surface area contributed by atoms with Crippen molar-refractivity contribution in [3.05, 3.63) is 65.7 Å². The summed E-state index contributed by atoms with van der Waals surface area (Å²) in [5.41, 5.74) is 2.55. The molecule has 6 nitrogen and oxygen atoms in total. The van der Waals surface area contributed by atoms with Crippen LogP contribution >= 0.6 is 0 Å². The lowest BCUT2D eigenvalue weighted by Gasteiger charge is -2.39. The Kier molecular flexibility index (Phi) is 3.19. The Hall–Kier alpha value is -3.09. The molecule has 0 bridgehead atoms. The summed E-state index contributed by atoms with van der Waals surface area (Å²) in [6, 6.07) is 12.1. The predicted molar refractivity (Wildman–Crippen MR) is 92.8 cm³/mol. The first-order valence-electron chi connectivity index (χ1n) is 8.62. The molecule has 7 heteroatoms. The van der Waals surface area contributed by atoms with Crippen LogP contribution in [-0.4, -0.2) is 32.7 Å². The van der Waals surface area contributed by atoms with Gasteiger partial charge in [0.1, 0.15) is 12.1 Å². The second kappa shape index (κ2) is 5.45. The molecular weight excluding hydrogens is 333 g/mol. The van der Waals surface area contributed by atoms with Crippen LogP contribution in [0.5, 0.6) is 0 Å². The van der Waals surface area contributed by atoms with E-state index in [1.807, 2.05) is 6.07 Å². The molecule has 0 N–H and O–H groups in total. The molecule has 2 heterocycles. The third kappa shape index (κ3) is 2.09. The first kappa shape index (κ1) is 15.2. The van der Waals surface area contributed by atoms with E-state index >= 15 is 0 Å². The van der Waals surface area contributed by atoms with Crippen molar-refractivity contribution in [3.8, 4) is 5.69 Å². The number of hydrogen-bond donors (Lipinski definition) is 0. The molecule has 2 aliphatic rings. The molecule has 3 aromatic rings. The van der Waals surface area contributed by atoms with Gasteiger partial charge < -0.3 is 4.90 Å². The number of halogens is 1. The van der Waals surface area contributed by atoms with Gasteiger partial charge in [-0.05, 0) is 59.7 Å². The average molecular weight is 349 g/mol. The number of rotatable bonds is 2. The first-order valence-corrected chi connectivity index (χ1v) is 8.62. The number of tetrazole rings is 1. The topological polar surface area (TPSA) is 63.9 Å². The number of anilines is 1. The molecule has 0 unspecified atom stereocenters. The lowest BCUT2D eigenvalue weighted by atomic mass is 9.65. The molecule has 0 saturated heterocycles. The zero-order valence-electron chi connectivity index (χ0n) is 14.0. The molecular formula is C19H16FN5O. The van der Waals surface area contributed by atoms with Crippen LogP contribution in [0, 0.1) is 5.82 Å². The molecule has 0 atom stereocenters. The van der Waals surface area contributed by atoms with Crippen LogP contribution in [0.25, 0.3) is 5.69 Å². The van der Waals surface area contributed by atoms with Gasteiger partial charge in [0, 0.05) is 23.1 Å². The quantitative estimate of drug-likeness (QED) is 0.714. The van der Waals surface area contributed by atoms with Gasteiger partial charge in [0.25, 0.3) is 5.91 Å². The number of aromatic nitrogens is 4. The first-order chi connectivity index (χ1) is 12.7. The molecule has 1 saturated carbocycles. The third-order valence-corrected chi connectivity index (χ3v) is 5.56. The van der Waals surface area contributed by atoms with Crippen LogP contribution in [0.1, 0.15) is 35.2 Å². The smallest absolute Gasteiger partial charge is 0.258 e. The summed E-state index contributed by atoms with van der Waals surface area (Å²) >= 11 is 0. The van der Waals surface area contributed by atoms with E-state index in [1.165, 1.54) is 17.1 Å². The molecule has 1 aliphatic carbocycles. The minimum absolute atomic E-state index is 0.108. The number of fused-ring (bicyclic) bond motifs is 2. The normalized spacial score (nSPS) is 17.2. The highest BCUT2D eigenvalue weighted by molar-refractivity contribution is 6.08. The zero-order chi connectivity index (χ0) is 17.7. The van der Waals surface area contributed by atoms with E-state index in [9.17, 15) is 9.18 Å². The molecule has 0 radical (unpaired) electrons. The number of amides is 1. The van der Waals surface area contributed by atoms with Gasteiger partial charge in [0.05, 0.1) is 11.4 Å². The summed E-state index contributed by atoms with van der Waals surface area (Å²) in [5, 5.41) is 11.0. The highest BCUT2D eigenvalue weighted by Crippen LogP contribution is 2.53. The van der Waals surface area contributed by atoms with E-state index in [0.29, 0.717) is 23.4 Å². The lowest BCUT2D eigenvalue weighted by Crippen LogP contribution is -2.41. The molecule has 1 aromatic heterocycles. The lowest BCUT2D eigenvalue weighted by molar-refractivity contribution is 0.0979. The predicted octanol–water partition coefficient (Wildman–Crippen LogP) is 2.88. The molecule has 130 valence electrons. The molecule has 1 fully saturated rings. The maximum Gasteiger partial charge on any atom is 0.258 e. The molecule has 26 heavy (non-hydrogen) atoms. The van der Waals surface area contributed by atoms with Crippen molar-refractivity contribution < 1.29 is 9.18 Å². The minimum atomic E-state index is -0.206. The minimum Gasteiger partial charge on any atom is -0.307 e. The van der Waals surface area contributed by atoms with Gasteiger partial charge in [0.15, 0.2) is 0 Å². The van der Waals surface area contributed by atoms with Gasteiger partial charge in [-0.15, -0.1) is 5.10 Å². The Morgan fingerprint density at radius 2 is 1.92 bits per heavy atom.